The minimum absolute atomic E-state index is 0.0355. The van der Waals surface area contributed by atoms with Crippen LogP contribution in [0.3, 0.4) is 0 Å². The molecular formula is C15H17F3N2O2. The topological polar surface area (TPSA) is 41.6 Å². The van der Waals surface area contributed by atoms with Crippen LogP contribution in [-0.4, -0.2) is 43.3 Å². The van der Waals surface area contributed by atoms with Gasteiger partial charge in [0.25, 0.3) is 0 Å². The maximum absolute atomic E-state index is 12.4. The normalized spacial score (nSPS) is 25.0. The molecule has 0 spiro atoms. The van der Waals surface area contributed by atoms with Gasteiger partial charge in [-0.05, 0) is 24.0 Å². The highest BCUT2D eigenvalue weighted by Crippen LogP contribution is 2.51. The molecule has 120 valence electrons. The first-order valence-electron chi connectivity index (χ1n) is 7.30. The summed E-state index contributed by atoms with van der Waals surface area (Å²) in [6.07, 6.45) is -4.13. The minimum Gasteiger partial charge on any atom is -0.405 e. The fourth-order valence-corrected chi connectivity index (χ4v) is 2.94. The molecule has 1 heterocycles. The lowest BCUT2D eigenvalue weighted by Crippen LogP contribution is -2.47. The molecule has 1 saturated heterocycles. The Kier molecular flexibility index (Phi) is 3.99. The molecule has 1 aromatic carbocycles. The molecule has 0 bridgehead atoms. The van der Waals surface area contributed by atoms with Crippen molar-refractivity contribution < 1.29 is 22.7 Å². The molecule has 2 atom stereocenters. The summed E-state index contributed by atoms with van der Waals surface area (Å²) in [6, 6.07) is 6.08. The standard InChI is InChI=1S/C15H17F3N2O2/c16-15(17,18)22-13-4-2-1-3-10(13)11-9-12(11)14(21)20-7-5-19-6-8-20/h1-4,11-12,19H,5-9H2. The Morgan fingerprint density at radius 3 is 2.59 bits per heavy atom. The van der Waals surface area contributed by atoms with Crippen LogP contribution in [0.1, 0.15) is 17.9 Å². The lowest BCUT2D eigenvalue weighted by Gasteiger charge is -2.27. The lowest BCUT2D eigenvalue weighted by atomic mass is 10.1. The predicted molar refractivity (Wildman–Crippen MR) is 73.4 cm³/mol. The van der Waals surface area contributed by atoms with Gasteiger partial charge in [-0.3, -0.25) is 4.79 Å². The van der Waals surface area contributed by atoms with Crippen molar-refractivity contribution in [2.24, 2.45) is 5.92 Å². The Morgan fingerprint density at radius 1 is 1.23 bits per heavy atom. The van der Waals surface area contributed by atoms with E-state index >= 15 is 0 Å². The molecule has 0 aromatic heterocycles. The maximum atomic E-state index is 12.4. The summed E-state index contributed by atoms with van der Waals surface area (Å²) < 4.78 is 41.4. The van der Waals surface area contributed by atoms with E-state index in [-0.39, 0.29) is 23.5 Å². The van der Waals surface area contributed by atoms with Crippen molar-refractivity contribution in [2.45, 2.75) is 18.7 Å². The van der Waals surface area contributed by atoms with E-state index in [1.165, 1.54) is 12.1 Å². The molecule has 2 unspecified atom stereocenters. The summed E-state index contributed by atoms with van der Waals surface area (Å²) in [7, 11) is 0. The molecule has 1 aromatic rings. The van der Waals surface area contributed by atoms with Crippen molar-refractivity contribution in [2.75, 3.05) is 26.2 Å². The van der Waals surface area contributed by atoms with Gasteiger partial charge in [0.15, 0.2) is 0 Å². The summed E-state index contributed by atoms with van der Waals surface area (Å²) in [5.41, 5.74) is 0.466. The number of ether oxygens (including phenoxy) is 1. The largest absolute Gasteiger partial charge is 0.573 e. The monoisotopic (exact) mass is 314 g/mol. The molecule has 2 aliphatic rings. The number of benzene rings is 1. The number of carbonyl (C=O) groups excluding carboxylic acids is 1. The average Bonchev–Trinajstić information content (AvgIpc) is 3.27. The Labute approximate surface area is 126 Å². The lowest BCUT2D eigenvalue weighted by molar-refractivity contribution is -0.274. The summed E-state index contributed by atoms with van der Waals surface area (Å²) in [5, 5.41) is 3.17. The Morgan fingerprint density at radius 2 is 1.91 bits per heavy atom. The molecule has 3 rings (SSSR count). The molecule has 1 aliphatic heterocycles. The van der Waals surface area contributed by atoms with Gasteiger partial charge in [-0.25, -0.2) is 0 Å². The molecule has 1 N–H and O–H groups in total. The summed E-state index contributed by atoms with van der Waals surface area (Å²) in [6.45, 7) is 2.83. The zero-order valence-corrected chi connectivity index (χ0v) is 11.9. The molecule has 1 saturated carbocycles. The Hall–Kier alpha value is -1.76. The van der Waals surface area contributed by atoms with Crippen molar-refractivity contribution in [3.63, 3.8) is 0 Å². The van der Waals surface area contributed by atoms with Crippen molar-refractivity contribution in [1.82, 2.24) is 10.2 Å². The highest BCUT2D eigenvalue weighted by atomic mass is 19.4. The fourth-order valence-electron chi connectivity index (χ4n) is 2.94. The van der Waals surface area contributed by atoms with Crippen molar-refractivity contribution in [1.29, 1.82) is 0 Å². The molecule has 7 heteroatoms. The third-order valence-electron chi connectivity index (χ3n) is 4.08. The van der Waals surface area contributed by atoms with Crippen LogP contribution in [0.4, 0.5) is 13.2 Å². The molecule has 2 fully saturated rings. The van der Waals surface area contributed by atoms with Crippen molar-refractivity contribution in [3.8, 4) is 5.75 Å². The number of piperazine rings is 1. The number of para-hydroxylation sites is 1. The maximum Gasteiger partial charge on any atom is 0.573 e. The third kappa shape index (κ3) is 3.35. The SMILES string of the molecule is O=C(C1CC1c1ccccc1OC(F)(F)F)N1CCNCC1. The molecule has 22 heavy (non-hydrogen) atoms. The fraction of sp³-hybridized carbons (Fsp3) is 0.533. The molecule has 1 amide bonds. The van der Waals surface area contributed by atoms with E-state index in [0.717, 1.165) is 13.1 Å². The van der Waals surface area contributed by atoms with Crippen LogP contribution in [0.25, 0.3) is 0 Å². The second-order valence-electron chi connectivity index (χ2n) is 5.61. The molecule has 1 aliphatic carbocycles. The van der Waals surface area contributed by atoms with E-state index < -0.39 is 6.36 Å². The number of halogens is 3. The van der Waals surface area contributed by atoms with Gasteiger partial charge < -0.3 is 15.0 Å². The van der Waals surface area contributed by atoms with E-state index in [1.54, 1.807) is 17.0 Å². The van der Waals surface area contributed by atoms with Gasteiger partial charge in [-0.15, -0.1) is 13.2 Å². The smallest absolute Gasteiger partial charge is 0.405 e. The van der Waals surface area contributed by atoms with Gasteiger partial charge in [-0.2, -0.15) is 0 Å². The summed E-state index contributed by atoms with van der Waals surface area (Å²) in [5.74, 6) is -0.569. The Balaban J connectivity index is 1.70. The zero-order valence-electron chi connectivity index (χ0n) is 11.9. The van der Waals surface area contributed by atoms with E-state index in [1.807, 2.05) is 0 Å². The first-order valence-corrected chi connectivity index (χ1v) is 7.30. The van der Waals surface area contributed by atoms with Gasteiger partial charge in [0.2, 0.25) is 5.91 Å². The number of rotatable bonds is 3. The van der Waals surface area contributed by atoms with E-state index in [4.69, 9.17) is 0 Å². The van der Waals surface area contributed by atoms with Crippen LogP contribution in [0.5, 0.6) is 5.75 Å². The number of amides is 1. The number of alkyl halides is 3. The van der Waals surface area contributed by atoms with Gasteiger partial charge in [0.1, 0.15) is 5.75 Å². The van der Waals surface area contributed by atoms with Gasteiger partial charge in [0.05, 0.1) is 0 Å². The van der Waals surface area contributed by atoms with Crippen LogP contribution in [-0.2, 0) is 4.79 Å². The summed E-state index contributed by atoms with van der Waals surface area (Å²) in [4.78, 5) is 14.2. The first-order chi connectivity index (χ1) is 10.5. The number of nitrogens with one attached hydrogen (secondary N) is 1. The predicted octanol–water partition coefficient (Wildman–Crippen LogP) is 2.12. The van der Waals surface area contributed by atoms with Crippen molar-refractivity contribution >= 4 is 5.91 Å². The van der Waals surface area contributed by atoms with Crippen molar-refractivity contribution in [3.05, 3.63) is 29.8 Å². The highest BCUT2D eigenvalue weighted by molar-refractivity contribution is 5.83. The number of nitrogens with zero attached hydrogens (tertiary/aromatic N) is 1. The molecular weight excluding hydrogens is 297 g/mol. The van der Waals surface area contributed by atoms with E-state index in [9.17, 15) is 18.0 Å². The van der Waals surface area contributed by atoms with E-state index in [0.29, 0.717) is 25.1 Å². The third-order valence-corrected chi connectivity index (χ3v) is 4.08. The van der Waals surface area contributed by atoms with Crippen LogP contribution < -0.4 is 10.1 Å². The van der Waals surface area contributed by atoms with Crippen LogP contribution >= 0.6 is 0 Å². The van der Waals surface area contributed by atoms with Crippen LogP contribution in [0.15, 0.2) is 24.3 Å². The summed E-state index contributed by atoms with van der Waals surface area (Å²) >= 11 is 0. The molecule has 0 radical (unpaired) electrons. The zero-order chi connectivity index (χ0) is 15.7. The highest BCUT2D eigenvalue weighted by Gasteiger charge is 2.47. The van der Waals surface area contributed by atoms with Gasteiger partial charge >= 0.3 is 6.36 Å². The average molecular weight is 314 g/mol. The van der Waals surface area contributed by atoms with Gasteiger partial charge in [-0.1, -0.05) is 18.2 Å². The molecule has 4 nitrogen and oxygen atoms in total. The number of hydrogen-bond acceptors (Lipinski definition) is 3. The second kappa shape index (κ2) is 5.79. The number of hydrogen-bond donors (Lipinski definition) is 1. The van der Waals surface area contributed by atoms with Gasteiger partial charge in [0, 0.05) is 32.1 Å². The Bertz CT molecular complexity index is 556. The quantitative estimate of drug-likeness (QED) is 0.929. The number of carbonyl (C=O) groups is 1. The second-order valence-corrected chi connectivity index (χ2v) is 5.61. The van der Waals surface area contributed by atoms with E-state index in [2.05, 4.69) is 10.1 Å². The first kappa shape index (κ1) is 15.1. The minimum atomic E-state index is -4.72. The van der Waals surface area contributed by atoms with Crippen LogP contribution in [0.2, 0.25) is 0 Å². The van der Waals surface area contributed by atoms with Crippen LogP contribution in [0, 0.1) is 5.92 Å².